The van der Waals surface area contributed by atoms with Crippen LogP contribution in [-0.4, -0.2) is 6.54 Å². The van der Waals surface area contributed by atoms with Gasteiger partial charge in [-0.3, -0.25) is 0 Å². The maximum Gasteiger partial charge on any atom is 0.0181 e. The van der Waals surface area contributed by atoms with Crippen molar-refractivity contribution in [1.82, 2.24) is 5.32 Å². The highest BCUT2D eigenvalue weighted by atomic mass is 14.8. The molecular formula is C12H17N. The molecule has 13 heavy (non-hydrogen) atoms. The van der Waals surface area contributed by atoms with Gasteiger partial charge in [0, 0.05) is 6.54 Å². The van der Waals surface area contributed by atoms with Gasteiger partial charge in [-0.25, -0.2) is 0 Å². The second-order valence-electron chi connectivity index (χ2n) is 3.03. The molecule has 0 radical (unpaired) electrons. The van der Waals surface area contributed by atoms with Crippen molar-refractivity contribution in [2.24, 2.45) is 0 Å². The fourth-order valence-corrected chi connectivity index (χ4v) is 1.46. The summed E-state index contributed by atoms with van der Waals surface area (Å²) in [6, 6.07) is 8.60. The molecule has 0 bridgehead atoms. The summed E-state index contributed by atoms with van der Waals surface area (Å²) in [6.07, 6.45) is 3.94. The van der Waals surface area contributed by atoms with Crippen LogP contribution < -0.4 is 5.32 Å². The summed E-state index contributed by atoms with van der Waals surface area (Å²) >= 11 is 0. The van der Waals surface area contributed by atoms with Crippen molar-refractivity contribution in [2.45, 2.75) is 19.8 Å². The van der Waals surface area contributed by atoms with E-state index in [2.05, 4.69) is 43.1 Å². The first-order valence-electron chi connectivity index (χ1n) is 4.79. The maximum atomic E-state index is 3.62. The minimum Gasteiger partial charge on any atom is -0.391 e. The Balaban J connectivity index is 2.58. The molecule has 1 aromatic carbocycles. The van der Waals surface area contributed by atoms with Crippen LogP contribution in [0.3, 0.4) is 0 Å². The van der Waals surface area contributed by atoms with Gasteiger partial charge < -0.3 is 5.32 Å². The lowest BCUT2D eigenvalue weighted by Crippen LogP contribution is -2.10. The molecule has 70 valence electrons. The lowest BCUT2D eigenvalue weighted by atomic mass is 10.0. The monoisotopic (exact) mass is 175 g/mol. The summed E-state index contributed by atoms with van der Waals surface area (Å²) in [7, 11) is 0. The smallest absolute Gasteiger partial charge is 0.0181 e. The normalized spacial score (nSPS) is 9.62. The largest absolute Gasteiger partial charge is 0.391 e. The minimum atomic E-state index is 0.973. The number of nitrogens with one attached hydrogen (secondary N) is 1. The van der Waals surface area contributed by atoms with Crippen LogP contribution in [-0.2, 0) is 12.8 Å². The van der Waals surface area contributed by atoms with E-state index in [4.69, 9.17) is 0 Å². The Morgan fingerprint density at radius 3 is 2.62 bits per heavy atom. The third kappa shape index (κ3) is 2.94. The highest BCUT2D eigenvalue weighted by molar-refractivity contribution is 5.27. The lowest BCUT2D eigenvalue weighted by molar-refractivity contribution is 0.825. The average molecular weight is 175 g/mol. The van der Waals surface area contributed by atoms with Crippen molar-refractivity contribution in [3.63, 3.8) is 0 Å². The minimum absolute atomic E-state index is 0.973. The van der Waals surface area contributed by atoms with Gasteiger partial charge in [-0.1, -0.05) is 37.8 Å². The molecule has 1 N–H and O–H groups in total. The third-order valence-electron chi connectivity index (χ3n) is 2.18. The zero-order valence-electron chi connectivity index (χ0n) is 8.22. The Morgan fingerprint density at radius 2 is 2.00 bits per heavy atom. The van der Waals surface area contributed by atoms with Gasteiger partial charge in [0.2, 0.25) is 0 Å². The van der Waals surface area contributed by atoms with Crippen LogP contribution in [0.2, 0.25) is 0 Å². The third-order valence-corrected chi connectivity index (χ3v) is 2.18. The molecule has 0 amide bonds. The lowest BCUT2D eigenvalue weighted by Gasteiger charge is -2.06. The number of hydrogen-bond donors (Lipinski definition) is 1. The summed E-state index contributed by atoms with van der Waals surface area (Å²) < 4.78 is 0. The molecule has 1 heteroatoms. The van der Waals surface area contributed by atoms with Crippen LogP contribution in [0, 0.1) is 0 Å². The van der Waals surface area contributed by atoms with E-state index in [1.165, 1.54) is 11.1 Å². The van der Waals surface area contributed by atoms with Crippen LogP contribution >= 0.6 is 0 Å². The molecule has 0 fully saturated rings. The molecule has 0 aliphatic heterocycles. The van der Waals surface area contributed by atoms with E-state index in [-0.39, 0.29) is 0 Å². The number of benzene rings is 1. The standard InChI is InChI=1S/C12H17N/c1-3-11-7-5-6-8-12(11)9-10-13-4-2/h4-8,13H,2-3,9-10H2,1H3. The van der Waals surface area contributed by atoms with Gasteiger partial charge in [-0.15, -0.1) is 0 Å². The van der Waals surface area contributed by atoms with Crippen molar-refractivity contribution in [3.8, 4) is 0 Å². The Labute approximate surface area is 80.5 Å². The molecule has 1 aromatic rings. The van der Waals surface area contributed by atoms with E-state index in [1.54, 1.807) is 6.20 Å². The molecule has 0 atom stereocenters. The molecule has 0 aliphatic carbocycles. The van der Waals surface area contributed by atoms with Crippen molar-refractivity contribution in [1.29, 1.82) is 0 Å². The van der Waals surface area contributed by atoms with E-state index >= 15 is 0 Å². The molecule has 0 saturated carbocycles. The predicted octanol–water partition coefficient (Wildman–Crippen LogP) is 2.52. The molecule has 0 unspecified atom stereocenters. The molecule has 1 nitrogen and oxygen atoms in total. The molecule has 1 rings (SSSR count). The number of rotatable bonds is 5. The molecule has 0 heterocycles. The SMILES string of the molecule is C=CNCCc1ccccc1CC. The van der Waals surface area contributed by atoms with Crippen molar-refractivity contribution >= 4 is 0 Å². The Morgan fingerprint density at radius 1 is 1.31 bits per heavy atom. The number of aryl methyl sites for hydroxylation is 1. The topological polar surface area (TPSA) is 12.0 Å². The second-order valence-corrected chi connectivity index (χ2v) is 3.03. The van der Waals surface area contributed by atoms with Gasteiger partial charge >= 0.3 is 0 Å². The zero-order chi connectivity index (χ0) is 9.52. The van der Waals surface area contributed by atoms with Crippen LogP contribution in [0.25, 0.3) is 0 Å². The van der Waals surface area contributed by atoms with Crippen molar-refractivity contribution < 1.29 is 0 Å². The summed E-state index contributed by atoms with van der Waals surface area (Å²) in [6.45, 7) is 6.79. The van der Waals surface area contributed by atoms with Gasteiger partial charge in [0.15, 0.2) is 0 Å². The average Bonchev–Trinajstić information content (AvgIpc) is 2.19. The molecule has 0 aliphatic rings. The maximum absolute atomic E-state index is 3.62. The summed E-state index contributed by atoms with van der Waals surface area (Å²) in [5.41, 5.74) is 2.90. The molecule has 0 saturated heterocycles. The Bertz CT molecular complexity index is 266. The van der Waals surface area contributed by atoms with Gasteiger partial charge in [0.05, 0.1) is 0 Å². The van der Waals surface area contributed by atoms with E-state index in [9.17, 15) is 0 Å². The zero-order valence-corrected chi connectivity index (χ0v) is 8.22. The molecule has 0 spiro atoms. The fourth-order valence-electron chi connectivity index (χ4n) is 1.46. The van der Waals surface area contributed by atoms with E-state index in [1.807, 2.05) is 0 Å². The Hall–Kier alpha value is -1.24. The number of hydrogen-bond acceptors (Lipinski definition) is 1. The van der Waals surface area contributed by atoms with Gasteiger partial charge in [-0.2, -0.15) is 0 Å². The van der Waals surface area contributed by atoms with Gasteiger partial charge in [-0.05, 0) is 30.2 Å². The highest BCUT2D eigenvalue weighted by Gasteiger charge is 1.97. The fraction of sp³-hybridized carbons (Fsp3) is 0.333. The second kappa shape index (κ2) is 5.41. The van der Waals surface area contributed by atoms with Gasteiger partial charge in [0.25, 0.3) is 0 Å². The molecule has 0 aromatic heterocycles. The van der Waals surface area contributed by atoms with Gasteiger partial charge in [0.1, 0.15) is 0 Å². The summed E-state index contributed by atoms with van der Waals surface area (Å²) in [5.74, 6) is 0. The first-order valence-corrected chi connectivity index (χ1v) is 4.79. The summed E-state index contributed by atoms with van der Waals surface area (Å²) in [5, 5.41) is 3.11. The quantitative estimate of drug-likeness (QED) is 0.678. The van der Waals surface area contributed by atoms with Crippen LogP contribution in [0.5, 0.6) is 0 Å². The Kier molecular flexibility index (Phi) is 4.10. The van der Waals surface area contributed by atoms with Crippen molar-refractivity contribution in [2.75, 3.05) is 6.54 Å². The first kappa shape index (κ1) is 9.85. The summed E-state index contributed by atoms with van der Waals surface area (Å²) in [4.78, 5) is 0. The highest BCUT2D eigenvalue weighted by Crippen LogP contribution is 2.09. The van der Waals surface area contributed by atoms with Crippen LogP contribution in [0.4, 0.5) is 0 Å². The first-order chi connectivity index (χ1) is 6.38. The van der Waals surface area contributed by atoms with E-state index in [0.29, 0.717) is 0 Å². The van der Waals surface area contributed by atoms with E-state index < -0.39 is 0 Å². The predicted molar refractivity (Wildman–Crippen MR) is 57.7 cm³/mol. The van der Waals surface area contributed by atoms with Crippen LogP contribution in [0.15, 0.2) is 37.0 Å². The van der Waals surface area contributed by atoms with Crippen molar-refractivity contribution in [3.05, 3.63) is 48.2 Å². The van der Waals surface area contributed by atoms with Crippen LogP contribution in [0.1, 0.15) is 18.1 Å². The molecular weight excluding hydrogens is 158 g/mol. The van der Waals surface area contributed by atoms with E-state index in [0.717, 1.165) is 19.4 Å².